The van der Waals surface area contributed by atoms with Gasteiger partial charge < -0.3 is 4.74 Å². The fourth-order valence-corrected chi connectivity index (χ4v) is 1.49. The van der Waals surface area contributed by atoms with Crippen molar-refractivity contribution in [3.8, 4) is 11.4 Å². The standard InChI is InChI=1S/C10H10N6O3/c11-15-12-5-6-19-8-3-1-7(2-4-8)16-9(17)13-14-10(16)18/h1-4H,5-6H2,(H,13,17)(H,14,18). The number of hydrogen-bond acceptors (Lipinski definition) is 4. The number of H-pyrrole nitrogens is 2. The minimum atomic E-state index is -0.540. The summed E-state index contributed by atoms with van der Waals surface area (Å²) in [5, 5.41) is 7.71. The van der Waals surface area contributed by atoms with Gasteiger partial charge in [-0.15, -0.1) is 0 Å². The van der Waals surface area contributed by atoms with E-state index in [0.717, 1.165) is 4.57 Å². The van der Waals surface area contributed by atoms with Crippen molar-refractivity contribution in [1.82, 2.24) is 14.8 Å². The van der Waals surface area contributed by atoms with Gasteiger partial charge in [-0.2, -0.15) is 0 Å². The number of aromatic nitrogens is 3. The summed E-state index contributed by atoms with van der Waals surface area (Å²) in [4.78, 5) is 25.3. The van der Waals surface area contributed by atoms with Crippen LogP contribution in [0.4, 0.5) is 0 Å². The number of benzene rings is 1. The van der Waals surface area contributed by atoms with Crippen LogP contribution in [-0.2, 0) is 0 Å². The van der Waals surface area contributed by atoms with Gasteiger partial charge in [-0.3, -0.25) is 0 Å². The van der Waals surface area contributed by atoms with E-state index in [9.17, 15) is 9.59 Å². The number of azide groups is 1. The number of hydrogen-bond donors (Lipinski definition) is 2. The normalized spacial score (nSPS) is 9.89. The molecule has 0 aliphatic heterocycles. The molecule has 2 N–H and O–H groups in total. The predicted octanol–water partition coefficient (Wildman–Crippen LogP) is 0.543. The summed E-state index contributed by atoms with van der Waals surface area (Å²) in [7, 11) is 0. The van der Waals surface area contributed by atoms with Crippen molar-refractivity contribution < 1.29 is 4.74 Å². The van der Waals surface area contributed by atoms with Crippen molar-refractivity contribution in [3.05, 3.63) is 55.7 Å². The zero-order valence-electron chi connectivity index (χ0n) is 9.74. The second-order valence-corrected chi connectivity index (χ2v) is 3.49. The SMILES string of the molecule is [N-]=[N+]=NCCOc1ccc(-n2c(=O)[nH][nH]c2=O)cc1. The molecule has 0 amide bonds. The van der Waals surface area contributed by atoms with E-state index in [0.29, 0.717) is 11.4 Å². The Morgan fingerprint density at radius 3 is 2.42 bits per heavy atom. The van der Waals surface area contributed by atoms with Gasteiger partial charge in [-0.05, 0) is 29.8 Å². The van der Waals surface area contributed by atoms with E-state index in [2.05, 4.69) is 20.2 Å². The number of ether oxygens (including phenoxy) is 1. The fourth-order valence-electron chi connectivity index (χ4n) is 1.49. The van der Waals surface area contributed by atoms with Gasteiger partial charge in [0.15, 0.2) is 0 Å². The van der Waals surface area contributed by atoms with Crippen molar-refractivity contribution in [2.75, 3.05) is 13.2 Å². The zero-order chi connectivity index (χ0) is 13.7. The molecule has 0 spiro atoms. The molecule has 0 unspecified atom stereocenters. The van der Waals surface area contributed by atoms with Crippen LogP contribution in [0.25, 0.3) is 16.1 Å². The number of nitrogens with zero attached hydrogens (tertiary/aromatic N) is 4. The fraction of sp³-hybridized carbons (Fsp3) is 0.200. The molecule has 0 saturated carbocycles. The summed E-state index contributed by atoms with van der Waals surface area (Å²) in [5.41, 5.74) is 7.44. The summed E-state index contributed by atoms with van der Waals surface area (Å²) in [6, 6.07) is 6.38. The maximum atomic E-state index is 11.4. The molecule has 9 nitrogen and oxygen atoms in total. The molecule has 2 aromatic rings. The molecular formula is C10H10N6O3. The van der Waals surface area contributed by atoms with E-state index in [1.165, 1.54) is 0 Å². The van der Waals surface area contributed by atoms with E-state index < -0.39 is 11.4 Å². The van der Waals surface area contributed by atoms with Crippen LogP contribution in [0.3, 0.4) is 0 Å². The monoisotopic (exact) mass is 262 g/mol. The summed E-state index contributed by atoms with van der Waals surface area (Å²) >= 11 is 0. The molecule has 0 saturated heterocycles. The number of nitrogens with one attached hydrogen (secondary N) is 2. The topological polar surface area (TPSA) is 129 Å². The third kappa shape index (κ3) is 2.85. The highest BCUT2D eigenvalue weighted by atomic mass is 16.5. The van der Waals surface area contributed by atoms with E-state index in [-0.39, 0.29) is 13.2 Å². The van der Waals surface area contributed by atoms with Crippen LogP contribution < -0.4 is 16.1 Å². The van der Waals surface area contributed by atoms with Gasteiger partial charge in [-0.25, -0.2) is 24.4 Å². The van der Waals surface area contributed by atoms with Gasteiger partial charge in [0.25, 0.3) is 0 Å². The Labute approximate surface area is 106 Å². The molecule has 9 heteroatoms. The van der Waals surface area contributed by atoms with E-state index in [1.54, 1.807) is 24.3 Å². The third-order valence-corrected chi connectivity index (χ3v) is 2.30. The van der Waals surface area contributed by atoms with E-state index in [4.69, 9.17) is 10.3 Å². The first kappa shape index (κ1) is 12.5. The molecule has 1 aromatic carbocycles. The van der Waals surface area contributed by atoms with Gasteiger partial charge in [0.2, 0.25) is 0 Å². The molecule has 0 bridgehead atoms. The quantitative estimate of drug-likeness (QED) is 0.353. The third-order valence-electron chi connectivity index (χ3n) is 2.30. The molecule has 0 aliphatic carbocycles. The Balaban J connectivity index is 2.13. The second kappa shape index (κ2) is 5.61. The predicted molar refractivity (Wildman–Crippen MR) is 66.5 cm³/mol. The van der Waals surface area contributed by atoms with Crippen LogP contribution in [0.2, 0.25) is 0 Å². The highest BCUT2D eigenvalue weighted by Gasteiger charge is 2.05. The number of aromatic amines is 2. The summed E-state index contributed by atoms with van der Waals surface area (Å²) < 4.78 is 6.26. The van der Waals surface area contributed by atoms with Crippen LogP contribution in [0.5, 0.6) is 5.75 Å². The minimum absolute atomic E-state index is 0.231. The van der Waals surface area contributed by atoms with Crippen LogP contribution in [0, 0.1) is 0 Å². The Morgan fingerprint density at radius 2 is 1.84 bits per heavy atom. The Bertz CT molecular complexity index is 676. The van der Waals surface area contributed by atoms with Gasteiger partial charge in [0, 0.05) is 4.91 Å². The molecule has 0 atom stereocenters. The van der Waals surface area contributed by atoms with E-state index in [1.807, 2.05) is 0 Å². The average Bonchev–Trinajstić information content (AvgIpc) is 2.75. The largest absolute Gasteiger partial charge is 0.493 e. The maximum absolute atomic E-state index is 11.4. The Hall–Kier alpha value is -2.93. The first-order chi connectivity index (χ1) is 9.22. The lowest BCUT2D eigenvalue weighted by Gasteiger charge is -2.05. The first-order valence-electron chi connectivity index (χ1n) is 5.36. The molecule has 0 aliphatic rings. The lowest BCUT2D eigenvalue weighted by Crippen LogP contribution is -2.24. The van der Waals surface area contributed by atoms with Crippen LogP contribution in [0.15, 0.2) is 39.0 Å². The van der Waals surface area contributed by atoms with Crippen molar-refractivity contribution in [3.63, 3.8) is 0 Å². The van der Waals surface area contributed by atoms with Crippen molar-refractivity contribution in [1.29, 1.82) is 0 Å². The van der Waals surface area contributed by atoms with Crippen molar-refractivity contribution in [2.45, 2.75) is 0 Å². The highest BCUT2D eigenvalue weighted by Crippen LogP contribution is 2.13. The van der Waals surface area contributed by atoms with Gasteiger partial charge in [0.05, 0.1) is 18.8 Å². The van der Waals surface area contributed by atoms with Crippen molar-refractivity contribution in [2.24, 2.45) is 5.11 Å². The second-order valence-electron chi connectivity index (χ2n) is 3.49. The Morgan fingerprint density at radius 1 is 1.21 bits per heavy atom. The van der Waals surface area contributed by atoms with Gasteiger partial charge >= 0.3 is 11.4 Å². The zero-order valence-corrected chi connectivity index (χ0v) is 9.74. The highest BCUT2D eigenvalue weighted by molar-refractivity contribution is 5.36. The van der Waals surface area contributed by atoms with Crippen LogP contribution in [-0.4, -0.2) is 27.9 Å². The Kier molecular flexibility index (Phi) is 3.70. The first-order valence-corrected chi connectivity index (χ1v) is 5.36. The molecule has 19 heavy (non-hydrogen) atoms. The molecule has 98 valence electrons. The van der Waals surface area contributed by atoms with Crippen molar-refractivity contribution >= 4 is 0 Å². The van der Waals surface area contributed by atoms with Crippen LogP contribution >= 0.6 is 0 Å². The average molecular weight is 262 g/mol. The maximum Gasteiger partial charge on any atom is 0.348 e. The summed E-state index contributed by atoms with van der Waals surface area (Å²) in [6.45, 7) is 0.489. The molecule has 0 fully saturated rings. The smallest absolute Gasteiger partial charge is 0.348 e. The molecule has 0 radical (unpaired) electrons. The summed E-state index contributed by atoms with van der Waals surface area (Å²) in [6.07, 6.45) is 0. The lowest BCUT2D eigenvalue weighted by molar-refractivity contribution is 0.328. The molecular weight excluding hydrogens is 252 g/mol. The summed E-state index contributed by atoms with van der Waals surface area (Å²) in [5.74, 6) is 0.553. The van der Waals surface area contributed by atoms with Gasteiger partial charge in [-0.1, -0.05) is 5.11 Å². The van der Waals surface area contributed by atoms with E-state index >= 15 is 0 Å². The lowest BCUT2D eigenvalue weighted by atomic mass is 10.3. The molecule has 2 rings (SSSR count). The molecule has 1 aromatic heterocycles. The van der Waals surface area contributed by atoms with Gasteiger partial charge in [0.1, 0.15) is 5.75 Å². The van der Waals surface area contributed by atoms with Crippen LogP contribution in [0.1, 0.15) is 0 Å². The minimum Gasteiger partial charge on any atom is -0.493 e. The molecule has 1 heterocycles. The number of rotatable bonds is 5.